The molecule has 7 nitrogen and oxygen atoms in total. The predicted molar refractivity (Wildman–Crippen MR) is 115 cm³/mol. The number of rotatable bonds is 10. The summed E-state index contributed by atoms with van der Waals surface area (Å²) in [5.41, 5.74) is 2.38. The van der Waals surface area contributed by atoms with E-state index in [0.717, 1.165) is 58.1 Å². The molecule has 1 aromatic heterocycles. The van der Waals surface area contributed by atoms with Crippen LogP contribution < -0.4 is 10.6 Å². The molecule has 0 aliphatic carbocycles. The van der Waals surface area contributed by atoms with Gasteiger partial charge in [-0.2, -0.15) is 5.10 Å². The zero-order valence-corrected chi connectivity index (χ0v) is 17.3. The van der Waals surface area contributed by atoms with Crippen molar-refractivity contribution in [3.63, 3.8) is 0 Å². The van der Waals surface area contributed by atoms with Gasteiger partial charge in [0.15, 0.2) is 5.96 Å². The summed E-state index contributed by atoms with van der Waals surface area (Å²) in [4.78, 5) is 4.72. The molecular formula is C22H33N5O2. The monoisotopic (exact) mass is 399 g/mol. The highest BCUT2D eigenvalue weighted by Gasteiger charge is 2.14. The number of hydrogen-bond acceptors (Lipinski definition) is 4. The van der Waals surface area contributed by atoms with E-state index in [9.17, 15) is 0 Å². The third kappa shape index (κ3) is 7.87. The number of guanidine groups is 1. The number of aromatic nitrogens is 2. The van der Waals surface area contributed by atoms with Crippen LogP contribution in [0, 0.1) is 0 Å². The molecule has 3 rings (SSSR count). The number of ether oxygens (including phenoxy) is 2. The standard InChI is InChI=1S/C22H33N5O2/c1-2-23-22(24-10-4-12-27-13-5-11-26-27)25-17-19-6-3-7-20(16-19)18-29-21-8-14-28-15-9-21/h3,5-7,11,13,16,21H,2,4,8-10,12,14-15,17-18H2,1H3,(H2,23,24,25). The van der Waals surface area contributed by atoms with Gasteiger partial charge in [0.25, 0.3) is 0 Å². The number of nitrogens with one attached hydrogen (secondary N) is 2. The van der Waals surface area contributed by atoms with E-state index in [1.54, 1.807) is 0 Å². The molecule has 1 aromatic carbocycles. The lowest BCUT2D eigenvalue weighted by atomic mass is 10.1. The Kier molecular flexibility index (Phi) is 9.00. The Balaban J connectivity index is 1.44. The van der Waals surface area contributed by atoms with Crippen molar-refractivity contribution in [1.29, 1.82) is 0 Å². The minimum atomic E-state index is 0.316. The van der Waals surface area contributed by atoms with Gasteiger partial charge in [-0.3, -0.25) is 4.68 Å². The van der Waals surface area contributed by atoms with Crippen molar-refractivity contribution < 1.29 is 9.47 Å². The van der Waals surface area contributed by atoms with Gasteiger partial charge in [-0.1, -0.05) is 24.3 Å². The first-order valence-electron chi connectivity index (χ1n) is 10.6. The first-order valence-corrected chi connectivity index (χ1v) is 10.6. The Morgan fingerprint density at radius 3 is 2.90 bits per heavy atom. The van der Waals surface area contributed by atoms with Gasteiger partial charge >= 0.3 is 0 Å². The fraction of sp³-hybridized carbons (Fsp3) is 0.545. The van der Waals surface area contributed by atoms with Gasteiger partial charge in [0.1, 0.15) is 0 Å². The van der Waals surface area contributed by atoms with Crippen LogP contribution in [0.2, 0.25) is 0 Å². The molecule has 0 radical (unpaired) electrons. The van der Waals surface area contributed by atoms with Gasteiger partial charge in [0, 0.05) is 45.2 Å². The minimum absolute atomic E-state index is 0.316. The van der Waals surface area contributed by atoms with Crippen molar-refractivity contribution in [2.45, 2.75) is 52.0 Å². The Morgan fingerprint density at radius 2 is 2.10 bits per heavy atom. The molecule has 0 spiro atoms. The van der Waals surface area contributed by atoms with E-state index in [4.69, 9.17) is 14.5 Å². The molecule has 1 fully saturated rings. The second-order valence-electron chi connectivity index (χ2n) is 7.19. The molecule has 1 saturated heterocycles. The molecule has 2 heterocycles. The molecule has 158 valence electrons. The lowest BCUT2D eigenvalue weighted by molar-refractivity contribution is -0.0390. The molecular weight excluding hydrogens is 366 g/mol. The summed E-state index contributed by atoms with van der Waals surface area (Å²) in [5.74, 6) is 0.844. The number of aliphatic imine (C=N–C) groups is 1. The lowest BCUT2D eigenvalue weighted by Gasteiger charge is -2.22. The largest absolute Gasteiger partial charge is 0.381 e. The van der Waals surface area contributed by atoms with Crippen LogP contribution in [0.25, 0.3) is 0 Å². The summed E-state index contributed by atoms with van der Waals surface area (Å²) < 4.78 is 13.4. The van der Waals surface area contributed by atoms with E-state index < -0.39 is 0 Å². The van der Waals surface area contributed by atoms with Gasteiger partial charge in [0.2, 0.25) is 0 Å². The summed E-state index contributed by atoms with van der Waals surface area (Å²) in [6.07, 6.45) is 7.08. The van der Waals surface area contributed by atoms with E-state index in [1.165, 1.54) is 11.1 Å². The summed E-state index contributed by atoms with van der Waals surface area (Å²) in [6.45, 7) is 7.56. The Labute approximate surface area is 173 Å². The molecule has 1 aliphatic rings. The second-order valence-corrected chi connectivity index (χ2v) is 7.19. The average molecular weight is 400 g/mol. The highest BCUT2D eigenvalue weighted by Crippen LogP contribution is 2.14. The number of benzene rings is 1. The summed E-state index contributed by atoms with van der Waals surface area (Å²) in [6, 6.07) is 10.4. The lowest BCUT2D eigenvalue weighted by Crippen LogP contribution is -2.38. The third-order valence-electron chi connectivity index (χ3n) is 4.83. The minimum Gasteiger partial charge on any atom is -0.381 e. The Morgan fingerprint density at radius 1 is 1.24 bits per heavy atom. The van der Waals surface area contributed by atoms with Crippen molar-refractivity contribution in [2.75, 3.05) is 26.3 Å². The average Bonchev–Trinajstić information content (AvgIpc) is 3.28. The molecule has 0 bridgehead atoms. The van der Waals surface area contributed by atoms with E-state index in [1.807, 2.05) is 23.1 Å². The van der Waals surface area contributed by atoms with Crippen molar-refractivity contribution in [2.24, 2.45) is 4.99 Å². The van der Waals surface area contributed by atoms with Crippen molar-refractivity contribution in [3.05, 3.63) is 53.9 Å². The fourth-order valence-corrected chi connectivity index (χ4v) is 3.27. The van der Waals surface area contributed by atoms with E-state index in [0.29, 0.717) is 19.3 Å². The zero-order chi connectivity index (χ0) is 20.2. The van der Waals surface area contributed by atoms with Crippen LogP contribution >= 0.6 is 0 Å². The Bertz CT molecular complexity index is 727. The predicted octanol–water partition coefficient (Wildman–Crippen LogP) is 2.72. The van der Waals surface area contributed by atoms with Crippen LogP contribution in [0.1, 0.15) is 37.3 Å². The molecule has 1 aliphatic heterocycles. The van der Waals surface area contributed by atoms with Crippen LogP contribution in [0.5, 0.6) is 0 Å². The normalized spacial score (nSPS) is 15.4. The number of aryl methyl sites for hydroxylation is 1. The third-order valence-corrected chi connectivity index (χ3v) is 4.83. The summed E-state index contributed by atoms with van der Waals surface area (Å²) in [7, 11) is 0. The summed E-state index contributed by atoms with van der Waals surface area (Å²) in [5, 5.41) is 10.9. The highest BCUT2D eigenvalue weighted by molar-refractivity contribution is 5.79. The van der Waals surface area contributed by atoms with Crippen LogP contribution in [0.3, 0.4) is 0 Å². The van der Waals surface area contributed by atoms with Crippen molar-refractivity contribution >= 4 is 5.96 Å². The molecule has 0 amide bonds. The molecule has 0 saturated carbocycles. The number of hydrogen-bond donors (Lipinski definition) is 2. The topological polar surface area (TPSA) is 72.7 Å². The first kappa shape index (κ1) is 21.3. The maximum atomic E-state index is 6.04. The molecule has 0 atom stereocenters. The van der Waals surface area contributed by atoms with Crippen molar-refractivity contribution in [1.82, 2.24) is 20.4 Å². The smallest absolute Gasteiger partial charge is 0.191 e. The van der Waals surface area contributed by atoms with Gasteiger partial charge in [-0.25, -0.2) is 4.99 Å². The number of nitrogens with zero attached hydrogens (tertiary/aromatic N) is 3. The van der Waals surface area contributed by atoms with E-state index in [2.05, 4.69) is 46.9 Å². The maximum Gasteiger partial charge on any atom is 0.191 e. The molecule has 2 N–H and O–H groups in total. The van der Waals surface area contributed by atoms with E-state index in [-0.39, 0.29) is 0 Å². The summed E-state index contributed by atoms with van der Waals surface area (Å²) >= 11 is 0. The van der Waals surface area contributed by atoms with Crippen LogP contribution in [-0.4, -0.2) is 48.1 Å². The first-order chi connectivity index (χ1) is 14.3. The fourth-order valence-electron chi connectivity index (χ4n) is 3.27. The Hall–Kier alpha value is -2.38. The SMILES string of the molecule is CCNC(=NCc1cccc(COC2CCOCC2)c1)NCCCn1cccn1. The van der Waals surface area contributed by atoms with Crippen LogP contribution in [0.4, 0.5) is 0 Å². The van der Waals surface area contributed by atoms with Crippen LogP contribution in [0.15, 0.2) is 47.7 Å². The maximum absolute atomic E-state index is 6.04. The quantitative estimate of drug-likeness (QED) is 0.365. The van der Waals surface area contributed by atoms with Crippen molar-refractivity contribution in [3.8, 4) is 0 Å². The van der Waals surface area contributed by atoms with Gasteiger partial charge in [0.05, 0.1) is 19.3 Å². The molecule has 7 heteroatoms. The second kappa shape index (κ2) is 12.2. The van der Waals surface area contributed by atoms with E-state index >= 15 is 0 Å². The highest BCUT2D eigenvalue weighted by atomic mass is 16.5. The van der Waals surface area contributed by atoms with Gasteiger partial charge < -0.3 is 20.1 Å². The molecule has 2 aromatic rings. The molecule has 0 unspecified atom stereocenters. The van der Waals surface area contributed by atoms with Gasteiger partial charge in [-0.05, 0) is 43.4 Å². The van der Waals surface area contributed by atoms with Gasteiger partial charge in [-0.15, -0.1) is 0 Å². The molecule has 29 heavy (non-hydrogen) atoms. The van der Waals surface area contributed by atoms with Crippen LogP contribution in [-0.2, 0) is 29.2 Å². The zero-order valence-electron chi connectivity index (χ0n) is 17.3.